The summed E-state index contributed by atoms with van der Waals surface area (Å²) in [6.07, 6.45) is 3.35. The van der Waals surface area contributed by atoms with Gasteiger partial charge in [-0.05, 0) is 30.9 Å². The number of allylic oxidation sites excluding steroid dienone is 1. The molecule has 0 aromatic heterocycles. The SMILES string of the molecule is C=CCCC[C@@H](NC(=O)[C@H](Cc1ccccc1F)NC(C)=O)C(N)=O. The van der Waals surface area contributed by atoms with Gasteiger partial charge in [-0.3, -0.25) is 14.4 Å². The normalized spacial score (nSPS) is 12.7. The van der Waals surface area contributed by atoms with E-state index in [1.807, 2.05) is 0 Å². The molecule has 6 nitrogen and oxygen atoms in total. The summed E-state index contributed by atoms with van der Waals surface area (Å²) < 4.78 is 13.8. The van der Waals surface area contributed by atoms with Crippen LogP contribution < -0.4 is 16.4 Å². The number of nitrogens with one attached hydrogen (secondary N) is 2. The molecule has 3 amide bonds. The summed E-state index contributed by atoms with van der Waals surface area (Å²) in [6.45, 7) is 4.85. The highest BCUT2D eigenvalue weighted by Crippen LogP contribution is 2.10. The highest BCUT2D eigenvalue weighted by Gasteiger charge is 2.25. The van der Waals surface area contributed by atoms with Gasteiger partial charge in [0, 0.05) is 13.3 Å². The zero-order valence-corrected chi connectivity index (χ0v) is 14.3. The third-order valence-electron chi connectivity index (χ3n) is 3.64. The van der Waals surface area contributed by atoms with Gasteiger partial charge in [-0.1, -0.05) is 24.3 Å². The summed E-state index contributed by atoms with van der Waals surface area (Å²) in [5.41, 5.74) is 5.61. The van der Waals surface area contributed by atoms with Gasteiger partial charge in [-0.15, -0.1) is 6.58 Å². The molecule has 0 aliphatic carbocycles. The lowest BCUT2D eigenvalue weighted by Crippen LogP contribution is -2.53. The smallest absolute Gasteiger partial charge is 0.243 e. The Balaban J connectivity index is 2.84. The van der Waals surface area contributed by atoms with Gasteiger partial charge < -0.3 is 16.4 Å². The fourth-order valence-corrected chi connectivity index (χ4v) is 2.36. The van der Waals surface area contributed by atoms with Crippen LogP contribution in [0, 0.1) is 5.82 Å². The van der Waals surface area contributed by atoms with Crippen LogP contribution >= 0.6 is 0 Å². The van der Waals surface area contributed by atoms with Crippen molar-refractivity contribution < 1.29 is 18.8 Å². The molecule has 1 aromatic carbocycles. The van der Waals surface area contributed by atoms with E-state index in [0.29, 0.717) is 24.8 Å². The average molecular weight is 349 g/mol. The second kappa shape index (κ2) is 10.2. The highest BCUT2D eigenvalue weighted by atomic mass is 19.1. The van der Waals surface area contributed by atoms with Crippen LogP contribution in [0.3, 0.4) is 0 Å². The van der Waals surface area contributed by atoms with E-state index >= 15 is 0 Å². The van der Waals surface area contributed by atoms with Crippen LogP contribution in [0.2, 0.25) is 0 Å². The van der Waals surface area contributed by atoms with Gasteiger partial charge in [0.1, 0.15) is 17.9 Å². The fourth-order valence-electron chi connectivity index (χ4n) is 2.36. The summed E-state index contributed by atoms with van der Waals surface area (Å²) in [6, 6.07) is 4.13. The molecule has 0 heterocycles. The van der Waals surface area contributed by atoms with Crippen molar-refractivity contribution in [2.75, 3.05) is 0 Å². The van der Waals surface area contributed by atoms with Crippen molar-refractivity contribution in [1.82, 2.24) is 10.6 Å². The average Bonchev–Trinajstić information content (AvgIpc) is 2.54. The summed E-state index contributed by atoms with van der Waals surface area (Å²) in [7, 11) is 0. The maximum atomic E-state index is 13.8. The van der Waals surface area contributed by atoms with E-state index in [-0.39, 0.29) is 6.42 Å². The predicted molar refractivity (Wildman–Crippen MR) is 92.9 cm³/mol. The lowest BCUT2D eigenvalue weighted by atomic mass is 10.0. The van der Waals surface area contributed by atoms with Gasteiger partial charge in [0.2, 0.25) is 17.7 Å². The largest absolute Gasteiger partial charge is 0.368 e. The van der Waals surface area contributed by atoms with Crippen LogP contribution in [0.25, 0.3) is 0 Å². The van der Waals surface area contributed by atoms with E-state index in [2.05, 4.69) is 17.2 Å². The molecule has 0 aliphatic rings. The number of unbranched alkanes of at least 4 members (excludes halogenated alkanes) is 1. The van der Waals surface area contributed by atoms with E-state index in [4.69, 9.17) is 5.73 Å². The molecule has 1 aromatic rings. The number of rotatable bonds is 10. The number of halogens is 1. The molecule has 2 atom stereocenters. The number of benzene rings is 1. The Morgan fingerprint density at radius 1 is 1.24 bits per heavy atom. The fraction of sp³-hybridized carbons (Fsp3) is 0.389. The van der Waals surface area contributed by atoms with E-state index in [0.717, 1.165) is 0 Å². The second-order valence-corrected chi connectivity index (χ2v) is 5.73. The van der Waals surface area contributed by atoms with E-state index in [1.165, 1.54) is 25.1 Å². The maximum Gasteiger partial charge on any atom is 0.243 e. The van der Waals surface area contributed by atoms with Gasteiger partial charge in [0.25, 0.3) is 0 Å². The summed E-state index contributed by atoms with van der Waals surface area (Å²) in [5.74, 6) is -2.15. The van der Waals surface area contributed by atoms with Crippen molar-refractivity contribution >= 4 is 17.7 Å². The van der Waals surface area contributed by atoms with Crippen LogP contribution in [-0.2, 0) is 20.8 Å². The minimum atomic E-state index is -1.00. The Bertz CT molecular complexity index is 634. The van der Waals surface area contributed by atoms with Crippen molar-refractivity contribution in [3.8, 4) is 0 Å². The number of carbonyl (C=O) groups is 3. The van der Waals surface area contributed by atoms with Gasteiger partial charge >= 0.3 is 0 Å². The highest BCUT2D eigenvalue weighted by molar-refractivity contribution is 5.91. The van der Waals surface area contributed by atoms with E-state index < -0.39 is 35.6 Å². The van der Waals surface area contributed by atoms with Gasteiger partial charge in [-0.2, -0.15) is 0 Å². The number of hydrogen-bond acceptors (Lipinski definition) is 3. The van der Waals surface area contributed by atoms with Crippen molar-refractivity contribution in [1.29, 1.82) is 0 Å². The molecular weight excluding hydrogens is 325 g/mol. The third-order valence-corrected chi connectivity index (χ3v) is 3.64. The number of nitrogens with two attached hydrogens (primary N) is 1. The Morgan fingerprint density at radius 2 is 1.92 bits per heavy atom. The first-order valence-corrected chi connectivity index (χ1v) is 8.06. The summed E-state index contributed by atoms with van der Waals surface area (Å²) >= 11 is 0. The first-order valence-electron chi connectivity index (χ1n) is 8.06. The number of primary amides is 1. The first kappa shape index (κ1) is 20.3. The molecule has 0 radical (unpaired) electrons. The van der Waals surface area contributed by atoms with Crippen molar-refractivity contribution in [3.05, 3.63) is 48.3 Å². The lowest BCUT2D eigenvalue weighted by Gasteiger charge is -2.21. The quantitative estimate of drug-likeness (QED) is 0.437. The summed E-state index contributed by atoms with van der Waals surface area (Å²) in [5, 5.41) is 5.02. The molecule has 0 fully saturated rings. The Kier molecular flexibility index (Phi) is 8.32. The Labute approximate surface area is 146 Å². The number of amides is 3. The topological polar surface area (TPSA) is 101 Å². The van der Waals surface area contributed by atoms with Crippen LogP contribution in [0.5, 0.6) is 0 Å². The van der Waals surface area contributed by atoms with Gasteiger partial charge in [0.15, 0.2) is 0 Å². The zero-order chi connectivity index (χ0) is 18.8. The molecule has 0 unspecified atom stereocenters. The second-order valence-electron chi connectivity index (χ2n) is 5.73. The van der Waals surface area contributed by atoms with E-state index in [1.54, 1.807) is 12.1 Å². The van der Waals surface area contributed by atoms with Crippen LogP contribution in [0.1, 0.15) is 31.7 Å². The third kappa shape index (κ3) is 7.15. The Hall–Kier alpha value is -2.70. The van der Waals surface area contributed by atoms with Crippen molar-refractivity contribution in [3.63, 3.8) is 0 Å². The molecule has 4 N–H and O–H groups in total. The predicted octanol–water partition coefficient (Wildman–Crippen LogP) is 1.20. The van der Waals surface area contributed by atoms with Gasteiger partial charge in [-0.25, -0.2) is 4.39 Å². The first-order chi connectivity index (χ1) is 11.8. The standard InChI is InChI=1S/C18H24FN3O3/c1-3-4-5-10-15(17(20)24)22-18(25)16(21-12(2)23)11-13-8-6-7-9-14(13)19/h3,6-9,15-16H,1,4-5,10-11H2,2H3,(H2,20,24)(H,21,23)(H,22,25)/t15-,16+/m1/s1. The van der Waals surface area contributed by atoms with E-state index in [9.17, 15) is 18.8 Å². The molecule has 136 valence electrons. The molecule has 0 bridgehead atoms. The van der Waals surface area contributed by atoms with Gasteiger partial charge in [0.05, 0.1) is 0 Å². The van der Waals surface area contributed by atoms with Crippen molar-refractivity contribution in [2.24, 2.45) is 5.73 Å². The minimum Gasteiger partial charge on any atom is -0.368 e. The molecule has 1 rings (SSSR count). The molecule has 25 heavy (non-hydrogen) atoms. The molecule has 0 saturated carbocycles. The molecule has 0 spiro atoms. The van der Waals surface area contributed by atoms with Crippen LogP contribution in [0.4, 0.5) is 4.39 Å². The molecular formula is C18H24FN3O3. The summed E-state index contributed by atoms with van der Waals surface area (Å²) in [4.78, 5) is 35.4. The zero-order valence-electron chi connectivity index (χ0n) is 14.3. The Morgan fingerprint density at radius 3 is 2.48 bits per heavy atom. The van der Waals surface area contributed by atoms with Crippen LogP contribution in [-0.4, -0.2) is 29.8 Å². The lowest BCUT2D eigenvalue weighted by molar-refractivity contribution is -0.130. The molecule has 0 aliphatic heterocycles. The van der Waals surface area contributed by atoms with Crippen LogP contribution in [0.15, 0.2) is 36.9 Å². The monoisotopic (exact) mass is 349 g/mol. The number of carbonyl (C=O) groups excluding carboxylic acids is 3. The van der Waals surface area contributed by atoms with Crippen molar-refractivity contribution in [2.45, 2.75) is 44.7 Å². The minimum absolute atomic E-state index is 0.0315. The molecule has 0 saturated heterocycles. The molecule has 7 heteroatoms. The number of hydrogen-bond donors (Lipinski definition) is 3. The maximum absolute atomic E-state index is 13.8.